The van der Waals surface area contributed by atoms with Gasteiger partial charge in [-0.3, -0.25) is 9.69 Å². The molecule has 1 atom stereocenters. The van der Waals surface area contributed by atoms with Gasteiger partial charge in [0.2, 0.25) is 5.91 Å². The monoisotopic (exact) mass is 282 g/mol. The number of carbonyl (C=O) groups is 1. The number of amides is 1. The van der Waals surface area contributed by atoms with Crippen LogP contribution in [0.25, 0.3) is 0 Å². The predicted molar refractivity (Wildman–Crippen MR) is 84.9 cm³/mol. The van der Waals surface area contributed by atoms with E-state index in [-0.39, 0.29) is 11.8 Å². The van der Waals surface area contributed by atoms with Crippen molar-refractivity contribution in [1.29, 1.82) is 0 Å². The standard InChI is InChI=1S/C18H22N2O/c1-2-15-12-18(21)20(14-15)17-8-6-7-16(11-17)13-19-9-4-3-5-10-19/h1,6-8,11,15H,3-5,9-10,12-14H2. The first-order chi connectivity index (χ1) is 10.3. The third-order valence-electron chi connectivity index (χ3n) is 4.44. The zero-order valence-corrected chi connectivity index (χ0v) is 12.4. The van der Waals surface area contributed by atoms with Gasteiger partial charge in [0.1, 0.15) is 0 Å². The molecule has 2 saturated heterocycles. The summed E-state index contributed by atoms with van der Waals surface area (Å²) in [7, 11) is 0. The molecule has 0 N–H and O–H groups in total. The summed E-state index contributed by atoms with van der Waals surface area (Å²) in [6.45, 7) is 4.01. The molecule has 0 aromatic heterocycles. The van der Waals surface area contributed by atoms with E-state index < -0.39 is 0 Å². The summed E-state index contributed by atoms with van der Waals surface area (Å²) in [5.74, 6) is 2.91. The van der Waals surface area contributed by atoms with Gasteiger partial charge in [0.25, 0.3) is 0 Å². The van der Waals surface area contributed by atoms with Crippen molar-refractivity contribution in [3.63, 3.8) is 0 Å². The number of piperidine rings is 1. The Kier molecular flexibility index (Phi) is 4.26. The Labute approximate surface area is 126 Å². The van der Waals surface area contributed by atoms with Gasteiger partial charge in [-0.25, -0.2) is 0 Å². The zero-order chi connectivity index (χ0) is 14.7. The van der Waals surface area contributed by atoms with Crippen LogP contribution in [0.2, 0.25) is 0 Å². The van der Waals surface area contributed by atoms with Crippen molar-refractivity contribution in [2.24, 2.45) is 5.92 Å². The third kappa shape index (κ3) is 3.28. The molecule has 0 radical (unpaired) electrons. The number of carbonyl (C=O) groups excluding carboxylic acids is 1. The van der Waals surface area contributed by atoms with E-state index in [0.717, 1.165) is 12.2 Å². The van der Waals surface area contributed by atoms with Gasteiger partial charge in [-0.2, -0.15) is 0 Å². The van der Waals surface area contributed by atoms with E-state index in [2.05, 4.69) is 23.0 Å². The Bertz CT molecular complexity index is 555. The van der Waals surface area contributed by atoms with Crippen molar-refractivity contribution in [2.75, 3.05) is 24.5 Å². The van der Waals surface area contributed by atoms with Crippen molar-refractivity contribution >= 4 is 11.6 Å². The number of anilines is 1. The molecule has 1 amide bonds. The number of terminal acetylenes is 1. The smallest absolute Gasteiger partial charge is 0.228 e. The Hall–Kier alpha value is -1.79. The van der Waals surface area contributed by atoms with Gasteiger partial charge in [-0.05, 0) is 43.6 Å². The highest BCUT2D eigenvalue weighted by molar-refractivity contribution is 5.96. The van der Waals surface area contributed by atoms with Gasteiger partial charge in [0.15, 0.2) is 0 Å². The summed E-state index contributed by atoms with van der Waals surface area (Å²) in [5, 5.41) is 0. The fraction of sp³-hybridized carbons (Fsp3) is 0.500. The fourth-order valence-corrected chi connectivity index (χ4v) is 3.27. The van der Waals surface area contributed by atoms with Crippen LogP contribution in [0, 0.1) is 18.3 Å². The van der Waals surface area contributed by atoms with Gasteiger partial charge in [-0.1, -0.05) is 18.6 Å². The number of nitrogens with zero attached hydrogens (tertiary/aromatic N) is 2. The molecule has 3 rings (SSSR count). The van der Waals surface area contributed by atoms with Gasteiger partial charge in [0, 0.05) is 31.1 Å². The van der Waals surface area contributed by atoms with E-state index in [1.807, 2.05) is 17.0 Å². The first-order valence-corrected chi connectivity index (χ1v) is 7.84. The minimum Gasteiger partial charge on any atom is -0.311 e. The molecule has 2 fully saturated rings. The second-order valence-electron chi connectivity index (χ2n) is 6.08. The first-order valence-electron chi connectivity index (χ1n) is 7.84. The van der Waals surface area contributed by atoms with Crippen molar-refractivity contribution < 1.29 is 4.79 Å². The Morgan fingerprint density at radius 3 is 2.76 bits per heavy atom. The summed E-state index contributed by atoms with van der Waals surface area (Å²) >= 11 is 0. The lowest BCUT2D eigenvalue weighted by atomic mass is 10.1. The van der Waals surface area contributed by atoms with Gasteiger partial charge in [-0.15, -0.1) is 12.3 Å². The quantitative estimate of drug-likeness (QED) is 0.796. The van der Waals surface area contributed by atoms with E-state index >= 15 is 0 Å². The molecule has 21 heavy (non-hydrogen) atoms. The van der Waals surface area contributed by atoms with Crippen molar-refractivity contribution in [3.8, 4) is 12.3 Å². The molecule has 1 unspecified atom stereocenters. The minimum atomic E-state index is 0.0586. The van der Waals surface area contributed by atoms with Crippen molar-refractivity contribution in [1.82, 2.24) is 4.90 Å². The molecule has 2 aliphatic rings. The molecule has 0 spiro atoms. The van der Waals surface area contributed by atoms with Crippen LogP contribution in [0.15, 0.2) is 24.3 Å². The number of hydrogen-bond donors (Lipinski definition) is 0. The molecule has 2 aliphatic heterocycles. The van der Waals surface area contributed by atoms with E-state index in [1.165, 1.54) is 37.9 Å². The summed E-state index contributed by atoms with van der Waals surface area (Å²) in [4.78, 5) is 16.4. The summed E-state index contributed by atoms with van der Waals surface area (Å²) < 4.78 is 0. The topological polar surface area (TPSA) is 23.6 Å². The number of hydrogen-bond acceptors (Lipinski definition) is 2. The molecular formula is C18H22N2O. The highest BCUT2D eigenvalue weighted by Gasteiger charge is 2.29. The normalized spacial score (nSPS) is 23.3. The lowest BCUT2D eigenvalue weighted by Crippen LogP contribution is -2.29. The Morgan fingerprint density at radius 2 is 2.05 bits per heavy atom. The maximum absolute atomic E-state index is 12.1. The van der Waals surface area contributed by atoms with E-state index in [1.54, 1.807) is 0 Å². The molecule has 3 nitrogen and oxygen atoms in total. The largest absolute Gasteiger partial charge is 0.311 e. The minimum absolute atomic E-state index is 0.0586. The van der Waals surface area contributed by atoms with Crippen LogP contribution >= 0.6 is 0 Å². The molecular weight excluding hydrogens is 260 g/mol. The highest BCUT2D eigenvalue weighted by atomic mass is 16.2. The first kappa shape index (κ1) is 14.2. The second-order valence-corrected chi connectivity index (χ2v) is 6.08. The molecule has 110 valence electrons. The summed E-state index contributed by atoms with van der Waals surface area (Å²) in [5.41, 5.74) is 2.28. The average molecular weight is 282 g/mol. The number of benzene rings is 1. The Morgan fingerprint density at radius 1 is 1.24 bits per heavy atom. The van der Waals surface area contributed by atoms with Gasteiger partial charge >= 0.3 is 0 Å². The molecule has 3 heteroatoms. The zero-order valence-electron chi connectivity index (χ0n) is 12.4. The molecule has 0 saturated carbocycles. The second kappa shape index (κ2) is 6.32. The average Bonchev–Trinajstić information content (AvgIpc) is 2.90. The van der Waals surface area contributed by atoms with Crippen LogP contribution in [0.5, 0.6) is 0 Å². The SMILES string of the molecule is C#CC1CC(=O)N(c2cccc(CN3CCCCC3)c2)C1. The van der Waals surface area contributed by atoms with Crippen LogP contribution < -0.4 is 4.90 Å². The summed E-state index contributed by atoms with van der Waals surface area (Å²) in [6, 6.07) is 8.35. The molecule has 2 heterocycles. The lowest BCUT2D eigenvalue weighted by Gasteiger charge is -2.27. The molecule has 1 aromatic carbocycles. The Balaban J connectivity index is 1.71. The van der Waals surface area contributed by atoms with E-state index in [4.69, 9.17) is 6.42 Å². The van der Waals surface area contributed by atoms with Crippen LogP contribution in [0.3, 0.4) is 0 Å². The third-order valence-corrected chi connectivity index (χ3v) is 4.44. The maximum Gasteiger partial charge on any atom is 0.228 e. The lowest BCUT2D eigenvalue weighted by molar-refractivity contribution is -0.117. The van der Waals surface area contributed by atoms with Crippen LogP contribution in [0.1, 0.15) is 31.2 Å². The highest BCUT2D eigenvalue weighted by Crippen LogP contribution is 2.26. The van der Waals surface area contributed by atoms with Gasteiger partial charge < -0.3 is 4.90 Å². The fourth-order valence-electron chi connectivity index (χ4n) is 3.27. The van der Waals surface area contributed by atoms with E-state index in [9.17, 15) is 4.79 Å². The predicted octanol–water partition coefficient (Wildman–Crippen LogP) is 2.66. The van der Waals surface area contributed by atoms with Crippen LogP contribution in [-0.4, -0.2) is 30.4 Å². The van der Waals surface area contributed by atoms with E-state index in [0.29, 0.717) is 13.0 Å². The maximum atomic E-state index is 12.1. The number of likely N-dealkylation sites (tertiary alicyclic amines) is 1. The molecule has 0 aliphatic carbocycles. The summed E-state index contributed by atoms with van der Waals surface area (Å²) in [6.07, 6.45) is 9.89. The van der Waals surface area contributed by atoms with Crippen LogP contribution in [-0.2, 0) is 11.3 Å². The van der Waals surface area contributed by atoms with Gasteiger partial charge in [0.05, 0.1) is 0 Å². The van der Waals surface area contributed by atoms with Crippen molar-refractivity contribution in [2.45, 2.75) is 32.2 Å². The number of rotatable bonds is 3. The van der Waals surface area contributed by atoms with Crippen LogP contribution in [0.4, 0.5) is 5.69 Å². The molecule has 0 bridgehead atoms. The van der Waals surface area contributed by atoms with Crippen molar-refractivity contribution in [3.05, 3.63) is 29.8 Å². The molecule has 1 aromatic rings.